The third-order valence-corrected chi connectivity index (χ3v) is 4.13. The van der Waals surface area contributed by atoms with Crippen molar-refractivity contribution >= 4 is 27.7 Å². The minimum Gasteiger partial charge on any atom is -0.327 e. The summed E-state index contributed by atoms with van der Waals surface area (Å²) in [6.45, 7) is 6.68. The molecule has 16 heavy (non-hydrogen) atoms. The monoisotopic (exact) mass is 301 g/mol. The molecule has 1 atom stereocenters. The third kappa shape index (κ3) is 5.92. The molecule has 0 heterocycles. The zero-order chi connectivity index (χ0) is 12.2. The number of rotatable bonds is 4. The number of benzene rings is 1. The van der Waals surface area contributed by atoms with Gasteiger partial charge in [-0.05, 0) is 24.1 Å². The van der Waals surface area contributed by atoms with Crippen molar-refractivity contribution < 1.29 is 0 Å². The van der Waals surface area contributed by atoms with Gasteiger partial charge in [0.15, 0.2) is 0 Å². The third-order valence-electron chi connectivity index (χ3n) is 2.14. The van der Waals surface area contributed by atoms with Crippen molar-refractivity contribution in [1.29, 1.82) is 0 Å². The van der Waals surface area contributed by atoms with E-state index in [0.29, 0.717) is 4.75 Å². The zero-order valence-corrected chi connectivity index (χ0v) is 12.6. The van der Waals surface area contributed by atoms with Crippen LogP contribution in [0.1, 0.15) is 26.3 Å². The molecule has 0 fully saturated rings. The number of hydrogen-bond donors (Lipinski definition) is 1. The maximum atomic E-state index is 6.12. The van der Waals surface area contributed by atoms with Gasteiger partial charge in [-0.15, -0.1) is 0 Å². The van der Waals surface area contributed by atoms with Crippen molar-refractivity contribution in [3.8, 4) is 0 Å². The molecule has 0 saturated heterocycles. The minimum absolute atomic E-state index is 0.241. The molecule has 0 amide bonds. The molecule has 1 aromatic carbocycles. The minimum atomic E-state index is 0.241. The van der Waals surface area contributed by atoms with Gasteiger partial charge < -0.3 is 5.73 Å². The van der Waals surface area contributed by atoms with Gasteiger partial charge >= 0.3 is 0 Å². The number of hydrogen-bond acceptors (Lipinski definition) is 2. The van der Waals surface area contributed by atoms with Crippen LogP contribution in [-0.4, -0.2) is 16.5 Å². The number of thioether (sulfide) groups is 1. The fourth-order valence-corrected chi connectivity index (χ4v) is 2.44. The van der Waals surface area contributed by atoms with Crippen molar-refractivity contribution in [2.75, 3.05) is 5.75 Å². The summed E-state index contributed by atoms with van der Waals surface area (Å²) in [5.74, 6) is 1.01. The van der Waals surface area contributed by atoms with E-state index in [0.717, 1.165) is 16.6 Å². The highest BCUT2D eigenvalue weighted by atomic mass is 79.9. The predicted molar refractivity (Wildman–Crippen MR) is 78.0 cm³/mol. The zero-order valence-electron chi connectivity index (χ0n) is 10.2. The maximum absolute atomic E-state index is 6.12. The molecular weight excluding hydrogens is 282 g/mol. The van der Waals surface area contributed by atoms with Gasteiger partial charge in [0.05, 0.1) is 0 Å². The Morgan fingerprint density at radius 2 is 1.81 bits per heavy atom. The SMILES string of the molecule is CC(C)(C)SCC(N)Cc1ccc(Br)cc1. The van der Waals surface area contributed by atoms with E-state index in [1.54, 1.807) is 0 Å². The Morgan fingerprint density at radius 3 is 2.31 bits per heavy atom. The molecule has 0 spiro atoms. The van der Waals surface area contributed by atoms with Crippen LogP contribution in [-0.2, 0) is 6.42 Å². The molecule has 0 bridgehead atoms. The molecule has 0 aliphatic heterocycles. The fourth-order valence-electron chi connectivity index (χ4n) is 1.34. The largest absolute Gasteiger partial charge is 0.327 e. The van der Waals surface area contributed by atoms with E-state index in [1.165, 1.54) is 5.56 Å². The van der Waals surface area contributed by atoms with Crippen molar-refractivity contribution in [3.63, 3.8) is 0 Å². The first kappa shape index (κ1) is 14.1. The van der Waals surface area contributed by atoms with Gasteiger partial charge in [0, 0.05) is 21.0 Å². The molecule has 1 aromatic rings. The van der Waals surface area contributed by atoms with Gasteiger partial charge in [-0.1, -0.05) is 48.8 Å². The smallest absolute Gasteiger partial charge is 0.0175 e. The molecule has 1 nitrogen and oxygen atoms in total. The molecule has 0 saturated carbocycles. The fraction of sp³-hybridized carbons (Fsp3) is 0.538. The Kier molecular flexibility index (Phi) is 5.35. The van der Waals surface area contributed by atoms with E-state index < -0.39 is 0 Å². The van der Waals surface area contributed by atoms with Crippen LogP contribution in [0.25, 0.3) is 0 Å². The molecule has 1 unspecified atom stereocenters. The highest BCUT2D eigenvalue weighted by molar-refractivity contribution is 9.10. The van der Waals surface area contributed by atoms with Crippen LogP contribution >= 0.6 is 27.7 Å². The second-order valence-electron chi connectivity index (χ2n) is 5.01. The number of nitrogens with two attached hydrogens (primary N) is 1. The van der Waals surface area contributed by atoms with Crippen LogP contribution < -0.4 is 5.73 Å². The summed E-state index contributed by atoms with van der Waals surface area (Å²) in [4.78, 5) is 0. The summed E-state index contributed by atoms with van der Waals surface area (Å²) >= 11 is 5.36. The van der Waals surface area contributed by atoms with E-state index in [1.807, 2.05) is 11.8 Å². The maximum Gasteiger partial charge on any atom is 0.0175 e. The lowest BCUT2D eigenvalue weighted by Gasteiger charge is -2.20. The molecule has 2 N–H and O–H groups in total. The van der Waals surface area contributed by atoms with Crippen molar-refractivity contribution in [3.05, 3.63) is 34.3 Å². The van der Waals surface area contributed by atoms with Gasteiger partial charge in [0.25, 0.3) is 0 Å². The first-order valence-electron chi connectivity index (χ1n) is 5.51. The summed E-state index contributed by atoms with van der Waals surface area (Å²) in [6, 6.07) is 8.64. The molecule has 3 heteroatoms. The average Bonchev–Trinajstić information content (AvgIpc) is 2.18. The van der Waals surface area contributed by atoms with Crippen molar-refractivity contribution in [2.24, 2.45) is 5.73 Å². The van der Waals surface area contributed by atoms with E-state index in [-0.39, 0.29) is 6.04 Å². The second kappa shape index (κ2) is 6.08. The Labute approximate surface area is 111 Å². The Hall–Kier alpha value is 0.01000. The average molecular weight is 302 g/mol. The molecular formula is C13H20BrNS. The van der Waals surface area contributed by atoms with Crippen LogP contribution in [0.3, 0.4) is 0 Å². The lowest BCUT2D eigenvalue weighted by atomic mass is 10.1. The summed E-state index contributed by atoms with van der Waals surface area (Å²) in [5.41, 5.74) is 7.43. The molecule has 0 radical (unpaired) electrons. The topological polar surface area (TPSA) is 26.0 Å². The molecule has 1 rings (SSSR count). The van der Waals surface area contributed by atoms with Crippen LogP contribution in [0, 0.1) is 0 Å². The van der Waals surface area contributed by atoms with E-state index in [9.17, 15) is 0 Å². The standard InChI is InChI=1S/C13H20BrNS/c1-13(2,3)16-9-12(15)8-10-4-6-11(14)7-5-10/h4-7,12H,8-9,15H2,1-3H3. The molecule has 90 valence electrons. The van der Waals surface area contributed by atoms with Gasteiger partial charge in [-0.25, -0.2) is 0 Å². The van der Waals surface area contributed by atoms with Crippen LogP contribution in [0.5, 0.6) is 0 Å². The van der Waals surface area contributed by atoms with Crippen LogP contribution in [0.4, 0.5) is 0 Å². The summed E-state index contributed by atoms with van der Waals surface area (Å²) in [6.07, 6.45) is 0.955. The summed E-state index contributed by atoms with van der Waals surface area (Å²) in [5, 5.41) is 0. The Balaban J connectivity index is 2.39. The normalized spacial score (nSPS) is 13.8. The summed E-state index contributed by atoms with van der Waals surface area (Å²) in [7, 11) is 0. The number of halogens is 1. The van der Waals surface area contributed by atoms with Crippen molar-refractivity contribution in [1.82, 2.24) is 0 Å². The summed E-state index contributed by atoms with van der Waals surface area (Å²) < 4.78 is 1.42. The lowest BCUT2D eigenvalue weighted by Crippen LogP contribution is -2.27. The highest BCUT2D eigenvalue weighted by Crippen LogP contribution is 2.24. The van der Waals surface area contributed by atoms with Crippen LogP contribution in [0.2, 0.25) is 0 Å². The first-order valence-corrected chi connectivity index (χ1v) is 7.29. The first-order chi connectivity index (χ1) is 7.37. The molecule has 0 aromatic heterocycles. The van der Waals surface area contributed by atoms with Gasteiger partial charge in [-0.3, -0.25) is 0 Å². The van der Waals surface area contributed by atoms with E-state index in [4.69, 9.17) is 5.73 Å². The molecule has 0 aliphatic rings. The molecule has 0 aliphatic carbocycles. The van der Waals surface area contributed by atoms with Gasteiger partial charge in [0.1, 0.15) is 0 Å². The highest BCUT2D eigenvalue weighted by Gasteiger charge is 2.13. The lowest BCUT2D eigenvalue weighted by molar-refractivity contribution is 0.734. The Morgan fingerprint density at radius 1 is 1.25 bits per heavy atom. The van der Waals surface area contributed by atoms with Gasteiger partial charge in [-0.2, -0.15) is 11.8 Å². The predicted octanol–water partition coefficient (Wildman–Crippen LogP) is 3.85. The Bertz CT molecular complexity index is 316. The van der Waals surface area contributed by atoms with Crippen LogP contribution in [0.15, 0.2) is 28.7 Å². The van der Waals surface area contributed by atoms with Gasteiger partial charge in [0.2, 0.25) is 0 Å². The quantitative estimate of drug-likeness (QED) is 0.914. The van der Waals surface area contributed by atoms with Crippen molar-refractivity contribution in [2.45, 2.75) is 38.0 Å². The van der Waals surface area contributed by atoms with E-state index >= 15 is 0 Å². The second-order valence-corrected chi connectivity index (χ2v) is 7.78. The van der Waals surface area contributed by atoms with E-state index in [2.05, 4.69) is 61.0 Å².